The molecule has 2 rings (SSSR count). The van der Waals surface area contributed by atoms with Gasteiger partial charge in [-0.3, -0.25) is 4.79 Å². The van der Waals surface area contributed by atoms with E-state index in [0.29, 0.717) is 11.3 Å². The minimum absolute atomic E-state index is 0.294. The van der Waals surface area contributed by atoms with Gasteiger partial charge >= 0.3 is 0 Å². The standard InChI is InChI=1S/C17H16O4/c1-19-15-12-11-14(16(18)17(15,20-2)21-3)10-9-13-7-5-4-6-8-13/h4-8,11-12H,1-3H3. The maximum absolute atomic E-state index is 12.6. The first-order valence-corrected chi connectivity index (χ1v) is 6.36. The molecule has 4 heteroatoms. The minimum atomic E-state index is -1.57. The van der Waals surface area contributed by atoms with Gasteiger partial charge in [0, 0.05) is 19.8 Å². The second kappa shape index (κ2) is 6.40. The van der Waals surface area contributed by atoms with Crippen LogP contribution in [-0.4, -0.2) is 32.9 Å². The Labute approximate surface area is 124 Å². The average Bonchev–Trinajstić information content (AvgIpc) is 2.54. The molecule has 1 aromatic carbocycles. The number of benzene rings is 1. The van der Waals surface area contributed by atoms with Gasteiger partial charge in [0.1, 0.15) is 0 Å². The van der Waals surface area contributed by atoms with E-state index in [1.807, 2.05) is 30.3 Å². The van der Waals surface area contributed by atoms with Gasteiger partial charge in [-0.25, -0.2) is 0 Å². The maximum atomic E-state index is 12.6. The van der Waals surface area contributed by atoms with Crippen molar-refractivity contribution in [1.29, 1.82) is 0 Å². The number of carbonyl (C=O) groups excluding carboxylic acids is 1. The van der Waals surface area contributed by atoms with E-state index in [2.05, 4.69) is 11.8 Å². The predicted octanol–water partition coefficient (Wildman–Crippen LogP) is 2.07. The van der Waals surface area contributed by atoms with Crippen molar-refractivity contribution in [3.05, 3.63) is 59.4 Å². The summed E-state index contributed by atoms with van der Waals surface area (Å²) in [6.07, 6.45) is 3.23. The third-order valence-corrected chi connectivity index (χ3v) is 3.18. The Morgan fingerprint density at radius 3 is 2.19 bits per heavy atom. The fraction of sp³-hybridized carbons (Fsp3) is 0.235. The van der Waals surface area contributed by atoms with Crippen LogP contribution in [-0.2, 0) is 19.0 Å². The second-order valence-electron chi connectivity index (χ2n) is 4.29. The van der Waals surface area contributed by atoms with E-state index in [-0.39, 0.29) is 5.78 Å². The number of ketones is 1. The fourth-order valence-corrected chi connectivity index (χ4v) is 2.07. The number of ether oxygens (including phenoxy) is 3. The number of methoxy groups -OCH3 is 3. The van der Waals surface area contributed by atoms with E-state index in [9.17, 15) is 4.79 Å². The van der Waals surface area contributed by atoms with Crippen LogP contribution in [0.25, 0.3) is 0 Å². The van der Waals surface area contributed by atoms with Gasteiger partial charge in [-0.15, -0.1) is 0 Å². The number of hydrogen-bond acceptors (Lipinski definition) is 4. The van der Waals surface area contributed by atoms with E-state index < -0.39 is 5.79 Å². The van der Waals surface area contributed by atoms with Crippen LogP contribution in [0, 0.1) is 11.8 Å². The third-order valence-electron chi connectivity index (χ3n) is 3.18. The molecule has 1 aliphatic carbocycles. The Hall–Kier alpha value is -2.35. The van der Waals surface area contributed by atoms with Crippen molar-refractivity contribution in [1.82, 2.24) is 0 Å². The Morgan fingerprint density at radius 2 is 1.62 bits per heavy atom. The van der Waals surface area contributed by atoms with Crippen LogP contribution in [0.5, 0.6) is 0 Å². The van der Waals surface area contributed by atoms with Gasteiger partial charge in [0.25, 0.3) is 5.79 Å². The van der Waals surface area contributed by atoms with Crippen LogP contribution in [0.4, 0.5) is 0 Å². The summed E-state index contributed by atoms with van der Waals surface area (Å²) in [5.74, 6) is 4.15. The van der Waals surface area contributed by atoms with E-state index in [4.69, 9.17) is 14.2 Å². The van der Waals surface area contributed by atoms with Gasteiger partial charge in [-0.05, 0) is 24.3 Å². The highest BCUT2D eigenvalue weighted by Gasteiger charge is 2.47. The lowest BCUT2D eigenvalue weighted by molar-refractivity contribution is -0.199. The smallest absolute Gasteiger partial charge is 0.294 e. The monoisotopic (exact) mass is 284 g/mol. The van der Waals surface area contributed by atoms with Crippen LogP contribution in [0.3, 0.4) is 0 Å². The third kappa shape index (κ3) is 2.75. The molecule has 0 saturated carbocycles. The predicted molar refractivity (Wildman–Crippen MR) is 78.3 cm³/mol. The summed E-state index contributed by atoms with van der Waals surface area (Å²) in [5.41, 5.74) is 1.14. The van der Waals surface area contributed by atoms with Gasteiger partial charge in [-0.1, -0.05) is 30.0 Å². The fourth-order valence-electron chi connectivity index (χ4n) is 2.07. The van der Waals surface area contributed by atoms with Gasteiger partial charge in [0.15, 0.2) is 5.76 Å². The van der Waals surface area contributed by atoms with Gasteiger partial charge in [0.2, 0.25) is 5.78 Å². The van der Waals surface area contributed by atoms with Crippen LogP contribution < -0.4 is 0 Å². The molecule has 0 N–H and O–H groups in total. The molecule has 108 valence electrons. The molecule has 0 aromatic heterocycles. The summed E-state index contributed by atoms with van der Waals surface area (Å²) >= 11 is 0. The number of Topliss-reactive ketones (excluding diaryl/α,β-unsaturated/α-hetero) is 1. The SMILES string of the molecule is COC1=CC=C(C#Cc2ccccc2)C(=O)C1(OC)OC. The number of allylic oxidation sites excluding steroid dienone is 2. The number of rotatable bonds is 3. The second-order valence-corrected chi connectivity index (χ2v) is 4.29. The summed E-state index contributed by atoms with van der Waals surface area (Å²) < 4.78 is 15.7. The van der Waals surface area contributed by atoms with E-state index in [1.54, 1.807) is 12.2 Å². The molecule has 1 aliphatic rings. The van der Waals surface area contributed by atoms with Gasteiger partial charge in [-0.2, -0.15) is 0 Å². The summed E-state index contributed by atoms with van der Waals surface area (Å²) in [6.45, 7) is 0. The van der Waals surface area contributed by atoms with Crippen molar-refractivity contribution in [2.24, 2.45) is 0 Å². The highest BCUT2D eigenvalue weighted by molar-refractivity contribution is 6.07. The lowest BCUT2D eigenvalue weighted by atomic mass is 9.95. The molecule has 0 heterocycles. The summed E-state index contributed by atoms with van der Waals surface area (Å²) in [5, 5.41) is 0. The zero-order chi connectivity index (χ0) is 15.3. The van der Waals surface area contributed by atoms with Crippen LogP contribution in [0.1, 0.15) is 5.56 Å². The lowest BCUT2D eigenvalue weighted by Gasteiger charge is -2.31. The first kappa shape index (κ1) is 15.0. The zero-order valence-corrected chi connectivity index (χ0v) is 12.2. The lowest BCUT2D eigenvalue weighted by Crippen LogP contribution is -2.47. The zero-order valence-electron chi connectivity index (χ0n) is 12.2. The van der Waals surface area contributed by atoms with E-state index in [1.165, 1.54) is 21.3 Å². The van der Waals surface area contributed by atoms with Crippen molar-refractivity contribution < 1.29 is 19.0 Å². The topological polar surface area (TPSA) is 44.8 Å². The molecule has 1 aromatic rings. The Morgan fingerprint density at radius 1 is 0.952 bits per heavy atom. The first-order valence-electron chi connectivity index (χ1n) is 6.36. The molecular weight excluding hydrogens is 268 g/mol. The molecule has 4 nitrogen and oxygen atoms in total. The van der Waals surface area contributed by atoms with Crippen LogP contribution >= 0.6 is 0 Å². The van der Waals surface area contributed by atoms with Gasteiger partial charge < -0.3 is 14.2 Å². The van der Waals surface area contributed by atoms with Crippen molar-refractivity contribution in [2.75, 3.05) is 21.3 Å². The molecule has 0 aliphatic heterocycles. The summed E-state index contributed by atoms with van der Waals surface area (Å²) in [7, 11) is 4.24. The molecule has 0 spiro atoms. The van der Waals surface area contributed by atoms with E-state index >= 15 is 0 Å². The minimum Gasteiger partial charge on any atom is -0.495 e. The normalized spacial score (nSPS) is 16.4. The highest BCUT2D eigenvalue weighted by Crippen LogP contribution is 2.30. The Kier molecular flexibility index (Phi) is 4.59. The van der Waals surface area contributed by atoms with Crippen molar-refractivity contribution >= 4 is 5.78 Å². The van der Waals surface area contributed by atoms with E-state index in [0.717, 1.165) is 5.56 Å². The highest BCUT2D eigenvalue weighted by atomic mass is 16.7. The number of hydrogen-bond donors (Lipinski definition) is 0. The molecule has 0 unspecified atom stereocenters. The Bertz CT molecular complexity index is 640. The van der Waals surface area contributed by atoms with Crippen LogP contribution in [0.2, 0.25) is 0 Å². The molecule has 0 amide bonds. The molecule has 21 heavy (non-hydrogen) atoms. The van der Waals surface area contributed by atoms with Crippen molar-refractivity contribution in [2.45, 2.75) is 5.79 Å². The number of carbonyl (C=O) groups is 1. The first-order chi connectivity index (χ1) is 10.2. The Balaban J connectivity index is 2.38. The van der Waals surface area contributed by atoms with Crippen molar-refractivity contribution in [3.63, 3.8) is 0 Å². The maximum Gasteiger partial charge on any atom is 0.294 e. The summed E-state index contributed by atoms with van der Waals surface area (Å²) in [4.78, 5) is 12.6. The molecule has 0 bridgehead atoms. The quantitative estimate of drug-likeness (QED) is 0.629. The summed E-state index contributed by atoms with van der Waals surface area (Å²) in [6, 6.07) is 9.43. The average molecular weight is 284 g/mol. The molecular formula is C17H16O4. The van der Waals surface area contributed by atoms with Crippen LogP contribution in [0.15, 0.2) is 53.8 Å². The molecule has 0 atom stereocenters. The van der Waals surface area contributed by atoms with Gasteiger partial charge in [0.05, 0.1) is 12.7 Å². The van der Waals surface area contributed by atoms with Crippen molar-refractivity contribution in [3.8, 4) is 11.8 Å². The molecule has 0 saturated heterocycles. The molecule has 0 radical (unpaired) electrons. The largest absolute Gasteiger partial charge is 0.495 e. The molecule has 0 fully saturated rings.